The van der Waals surface area contributed by atoms with Crippen molar-refractivity contribution in [3.05, 3.63) is 27.5 Å². The van der Waals surface area contributed by atoms with Crippen molar-refractivity contribution in [3.63, 3.8) is 0 Å². The second-order valence-corrected chi connectivity index (χ2v) is 3.67. The lowest BCUT2D eigenvalue weighted by atomic mass is 10.0. The van der Waals surface area contributed by atoms with Crippen LogP contribution in [0.1, 0.15) is 11.1 Å². The van der Waals surface area contributed by atoms with Gasteiger partial charge >= 0.3 is 0 Å². The molecule has 0 saturated heterocycles. The van der Waals surface area contributed by atoms with E-state index in [9.17, 15) is 4.39 Å². The minimum absolute atomic E-state index is 0.144. The van der Waals surface area contributed by atoms with Crippen molar-refractivity contribution < 1.29 is 9.13 Å². The number of halogens is 2. The normalized spacial score (nSPS) is 9.64. The molecule has 0 fully saturated rings. The standard InChI is InChI=1S/C10H9BrFNO/c1-6-7(3-4-13)10(14-2)8(11)5-9(6)12/h5H,3H2,1-2H3. The predicted octanol–water partition coefficient (Wildman–Crippen LogP) is 2.97. The Morgan fingerprint density at radius 2 is 2.29 bits per heavy atom. The van der Waals surface area contributed by atoms with Crippen molar-refractivity contribution in [2.24, 2.45) is 0 Å². The molecule has 0 aliphatic carbocycles. The summed E-state index contributed by atoms with van der Waals surface area (Å²) in [5, 5.41) is 8.60. The van der Waals surface area contributed by atoms with Crippen LogP contribution in [0.3, 0.4) is 0 Å². The third-order valence-corrected chi connectivity index (χ3v) is 2.60. The molecule has 0 amide bonds. The molecule has 0 bridgehead atoms. The Labute approximate surface area is 90.4 Å². The molecule has 0 saturated carbocycles. The average molecular weight is 258 g/mol. The fraction of sp³-hybridized carbons (Fsp3) is 0.300. The van der Waals surface area contributed by atoms with Crippen molar-refractivity contribution in [3.8, 4) is 11.8 Å². The van der Waals surface area contributed by atoms with E-state index < -0.39 is 0 Å². The lowest BCUT2D eigenvalue weighted by molar-refractivity contribution is 0.406. The molecule has 0 aliphatic rings. The highest BCUT2D eigenvalue weighted by atomic mass is 79.9. The van der Waals surface area contributed by atoms with Crippen LogP contribution < -0.4 is 4.74 Å². The molecule has 0 aromatic heterocycles. The molecular weight excluding hydrogens is 249 g/mol. The quantitative estimate of drug-likeness (QED) is 0.816. The van der Waals surface area contributed by atoms with Crippen LogP contribution in [0.4, 0.5) is 4.39 Å². The fourth-order valence-corrected chi connectivity index (χ4v) is 1.86. The number of ether oxygens (including phenoxy) is 1. The predicted molar refractivity (Wildman–Crippen MR) is 54.7 cm³/mol. The third-order valence-electron chi connectivity index (χ3n) is 2.02. The summed E-state index contributed by atoms with van der Waals surface area (Å²) in [7, 11) is 1.50. The van der Waals surface area contributed by atoms with Crippen LogP contribution in [0, 0.1) is 24.1 Å². The van der Waals surface area contributed by atoms with E-state index in [0.29, 0.717) is 21.3 Å². The van der Waals surface area contributed by atoms with E-state index in [2.05, 4.69) is 15.9 Å². The number of nitriles is 1. The first-order chi connectivity index (χ1) is 6.61. The zero-order valence-electron chi connectivity index (χ0n) is 7.90. The molecule has 4 heteroatoms. The van der Waals surface area contributed by atoms with Crippen molar-refractivity contribution in [2.45, 2.75) is 13.3 Å². The van der Waals surface area contributed by atoms with E-state index in [0.717, 1.165) is 0 Å². The summed E-state index contributed by atoms with van der Waals surface area (Å²) in [6.07, 6.45) is 0.144. The summed E-state index contributed by atoms with van der Waals surface area (Å²) in [6.45, 7) is 1.64. The number of hydrogen-bond donors (Lipinski definition) is 0. The van der Waals surface area contributed by atoms with Gasteiger partial charge in [0.15, 0.2) is 0 Å². The summed E-state index contributed by atoms with van der Waals surface area (Å²) in [5.74, 6) is 0.202. The molecule has 14 heavy (non-hydrogen) atoms. The summed E-state index contributed by atoms with van der Waals surface area (Å²) < 4.78 is 18.9. The Bertz CT molecular complexity index is 398. The highest BCUT2D eigenvalue weighted by Crippen LogP contribution is 2.33. The van der Waals surface area contributed by atoms with Gasteiger partial charge < -0.3 is 4.74 Å². The highest BCUT2D eigenvalue weighted by molar-refractivity contribution is 9.10. The molecule has 1 aromatic carbocycles. The van der Waals surface area contributed by atoms with Gasteiger partial charge in [-0.25, -0.2) is 4.39 Å². The maximum absolute atomic E-state index is 13.3. The van der Waals surface area contributed by atoms with Crippen molar-refractivity contribution in [2.75, 3.05) is 7.11 Å². The zero-order valence-corrected chi connectivity index (χ0v) is 9.48. The molecule has 1 aromatic rings. The molecular formula is C10H9BrFNO. The van der Waals surface area contributed by atoms with Crippen LogP contribution in [-0.2, 0) is 6.42 Å². The Hall–Kier alpha value is -1.08. The molecule has 1 rings (SSSR count). The largest absolute Gasteiger partial charge is 0.495 e. The molecule has 0 atom stereocenters. The monoisotopic (exact) mass is 257 g/mol. The van der Waals surface area contributed by atoms with Gasteiger partial charge in [0.1, 0.15) is 11.6 Å². The van der Waals surface area contributed by atoms with Crippen molar-refractivity contribution in [1.82, 2.24) is 0 Å². The van der Waals surface area contributed by atoms with Crippen LogP contribution in [-0.4, -0.2) is 7.11 Å². The number of benzene rings is 1. The lowest BCUT2D eigenvalue weighted by Crippen LogP contribution is -1.98. The maximum Gasteiger partial charge on any atom is 0.137 e. The average Bonchev–Trinajstić information content (AvgIpc) is 2.14. The van der Waals surface area contributed by atoms with Gasteiger partial charge in [0, 0.05) is 5.56 Å². The molecule has 0 unspecified atom stereocenters. The Morgan fingerprint density at radius 1 is 1.64 bits per heavy atom. The molecule has 0 spiro atoms. The number of hydrogen-bond acceptors (Lipinski definition) is 2. The first-order valence-electron chi connectivity index (χ1n) is 4.00. The molecule has 0 N–H and O–H groups in total. The van der Waals surface area contributed by atoms with Gasteiger partial charge in [-0.1, -0.05) is 0 Å². The molecule has 74 valence electrons. The number of methoxy groups -OCH3 is 1. The zero-order chi connectivity index (χ0) is 10.7. The van der Waals surface area contributed by atoms with Crippen LogP contribution in [0.5, 0.6) is 5.75 Å². The Kier molecular flexibility index (Phi) is 3.48. The van der Waals surface area contributed by atoms with Gasteiger partial charge in [0.2, 0.25) is 0 Å². The molecule has 0 aliphatic heterocycles. The van der Waals surface area contributed by atoms with Crippen LogP contribution >= 0.6 is 15.9 Å². The number of rotatable bonds is 2. The number of nitrogens with zero attached hydrogens (tertiary/aromatic N) is 1. The van der Waals surface area contributed by atoms with E-state index >= 15 is 0 Å². The highest BCUT2D eigenvalue weighted by Gasteiger charge is 2.14. The second kappa shape index (κ2) is 4.43. The van der Waals surface area contributed by atoms with Gasteiger partial charge in [-0.2, -0.15) is 5.26 Å². The summed E-state index contributed by atoms with van der Waals surface area (Å²) >= 11 is 3.19. The summed E-state index contributed by atoms with van der Waals surface area (Å²) in [4.78, 5) is 0. The van der Waals surface area contributed by atoms with Crippen LogP contribution in [0.15, 0.2) is 10.5 Å². The minimum Gasteiger partial charge on any atom is -0.495 e. The molecule has 0 radical (unpaired) electrons. The SMILES string of the molecule is COc1c(Br)cc(F)c(C)c1CC#N. The van der Waals surface area contributed by atoms with Gasteiger partial charge in [-0.3, -0.25) is 0 Å². The Morgan fingerprint density at radius 3 is 2.79 bits per heavy atom. The first kappa shape index (κ1) is 11.0. The van der Waals surface area contributed by atoms with E-state index in [1.165, 1.54) is 13.2 Å². The minimum atomic E-state index is -0.331. The lowest BCUT2D eigenvalue weighted by Gasteiger charge is -2.11. The Balaban J connectivity index is 3.41. The smallest absolute Gasteiger partial charge is 0.137 e. The molecule has 2 nitrogen and oxygen atoms in total. The first-order valence-corrected chi connectivity index (χ1v) is 4.79. The topological polar surface area (TPSA) is 33.0 Å². The summed E-state index contributed by atoms with van der Waals surface area (Å²) in [6, 6.07) is 3.33. The fourth-order valence-electron chi connectivity index (χ4n) is 1.26. The van der Waals surface area contributed by atoms with Crippen LogP contribution in [0.2, 0.25) is 0 Å². The maximum atomic E-state index is 13.3. The van der Waals surface area contributed by atoms with E-state index in [-0.39, 0.29) is 12.2 Å². The van der Waals surface area contributed by atoms with Crippen molar-refractivity contribution >= 4 is 15.9 Å². The van der Waals surface area contributed by atoms with Crippen LogP contribution in [0.25, 0.3) is 0 Å². The van der Waals surface area contributed by atoms with Gasteiger partial charge in [0.25, 0.3) is 0 Å². The second-order valence-electron chi connectivity index (χ2n) is 2.81. The summed E-state index contributed by atoms with van der Waals surface area (Å²) in [5.41, 5.74) is 1.06. The van der Waals surface area contributed by atoms with E-state index in [1.807, 2.05) is 6.07 Å². The molecule has 0 heterocycles. The van der Waals surface area contributed by atoms with Gasteiger partial charge in [0.05, 0.1) is 24.1 Å². The van der Waals surface area contributed by atoms with Gasteiger partial charge in [-0.05, 0) is 34.5 Å². The van der Waals surface area contributed by atoms with Gasteiger partial charge in [-0.15, -0.1) is 0 Å². The van der Waals surface area contributed by atoms with E-state index in [4.69, 9.17) is 10.00 Å². The van der Waals surface area contributed by atoms with Crippen molar-refractivity contribution in [1.29, 1.82) is 5.26 Å². The van der Waals surface area contributed by atoms with E-state index in [1.54, 1.807) is 6.92 Å². The third kappa shape index (κ3) is 1.88.